The van der Waals surface area contributed by atoms with Gasteiger partial charge in [-0.1, -0.05) is 26.0 Å². The van der Waals surface area contributed by atoms with Crippen LogP contribution in [0.15, 0.2) is 29.2 Å². The van der Waals surface area contributed by atoms with Gasteiger partial charge in [-0.3, -0.25) is 9.59 Å². The molecule has 138 valence electrons. The number of hydrogen-bond donors (Lipinski definition) is 1. The molecule has 1 fully saturated rings. The zero-order chi connectivity index (χ0) is 18.4. The van der Waals surface area contributed by atoms with E-state index in [4.69, 9.17) is 9.84 Å². The highest BCUT2D eigenvalue weighted by molar-refractivity contribution is 8.00. The summed E-state index contributed by atoms with van der Waals surface area (Å²) in [5.74, 6) is -0.391. The number of carbonyl (C=O) groups excluding carboxylic acids is 1. The number of benzene rings is 1. The highest BCUT2D eigenvalue weighted by Crippen LogP contribution is 2.28. The van der Waals surface area contributed by atoms with Crippen LogP contribution >= 0.6 is 11.8 Å². The van der Waals surface area contributed by atoms with Gasteiger partial charge >= 0.3 is 5.97 Å². The van der Waals surface area contributed by atoms with Crippen molar-refractivity contribution in [3.8, 4) is 0 Å². The number of thioether (sulfide) groups is 1. The van der Waals surface area contributed by atoms with E-state index in [2.05, 4.69) is 13.8 Å². The van der Waals surface area contributed by atoms with Crippen molar-refractivity contribution in [1.82, 2.24) is 4.90 Å². The molecule has 1 amide bonds. The number of ether oxygens (including phenoxy) is 1. The first-order chi connectivity index (χ1) is 11.9. The number of aliphatic carboxylic acids is 1. The van der Waals surface area contributed by atoms with Gasteiger partial charge in [-0.25, -0.2) is 0 Å². The number of carboxylic acids is 1. The molecule has 0 saturated carbocycles. The van der Waals surface area contributed by atoms with Crippen molar-refractivity contribution in [3.63, 3.8) is 0 Å². The Hall–Kier alpha value is -1.53. The first kappa shape index (κ1) is 19.8. The van der Waals surface area contributed by atoms with Gasteiger partial charge in [0.1, 0.15) is 5.25 Å². The van der Waals surface area contributed by atoms with Crippen LogP contribution in [-0.4, -0.2) is 52.9 Å². The smallest absolute Gasteiger partial charge is 0.316 e. The van der Waals surface area contributed by atoms with Crippen LogP contribution < -0.4 is 0 Å². The molecular formula is C19H27NO4S. The number of carbonyl (C=O) groups is 2. The number of amides is 1. The average Bonchev–Trinajstić information content (AvgIpc) is 2.60. The molecule has 1 heterocycles. The van der Waals surface area contributed by atoms with E-state index in [1.165, 1.54) is 11.8 Å². The van der Waals surface area contributed by atoms with Gasteiger partial charge in [-0.05, 0) is 37.8 Å². The van der Waals surface area contributed by atoms with Crippen LogP contribution in [-0.2, 0) is 9.53 Å². The molecule has 2 rings (SSSR count). The normalized spacial score (nSPS) is 16.9. The van der Waals surface area contributed by atoms with Gasteiger partial charge in [0, 0.05) is 24.6 Å². The minimum Gasteiger partial charge on any atom is -0.480 e. The van der Waals surface area contributed by atoms with Gasteiger partial charge in [0.25, 0.3) is 5.91 Å². The van der Waals surface area contributed by atoms with Crippen molar-refractivity contribution in [1.29, 1.82) is 0 Å². The number of carboxylic acid groups (broad SMARTS) is 1. The van der Waals surface area contributed by atoms with Gasteiger partial charge in [0.15, 0.2) is 0 Å². The van der Waals surface area contributed by atoms with E-state index in [1.54, 1.807) is 13.0 Å². The number of nitrogens with zero attached hydrogens (tertiary/aromatic N) is 1. The third-order valence-corrected chi connectivity index (χ3v) is 5.33. The molecule has 1 N–H and O–H groups in total. The second-order valence-electron chi connectivity index (χ2n) is 6.81. The van der Waals surface area contributed by atoms with E-state index in [0.717, 1.165) is 24.3 Å². The van der Waals surface area contributed by atoms with Crippen LogP contribution in [0, 0.1) is 5.92 Å². The maximum absolute atomic E-state index is 12.9. The molecule has 1 unspecified atom stereocenters. The standard InChI is InChI=1S/C19H27NO4S/c1-13(2)12-24-15-8-10-20(11-9-15)18(21)16-6-4-5-7-17(16)25-14(3)19(22)23/h4-7,13-15H,8-12H2,1-3H3,(H,22,23). The minimum absolute atomic E-state index is 0.0250. The summed E-state index contributed by atoms with van der Waals surface area (Å²) in [5.41, 5.74) is 0.585. The average molecular weight is 365 g/mol. The Morgan fingerprint density at radius 1 is 1.24 bits per heavy atom. The molecule has 0 bridgehead atoms. The van der Waals surface area contributed by atoms with Crippen LogP contribution in [0.2, 0.25) is 0 Å². The summed E-state index contributed by atoms with van der Waals surface area (Å²) in [5, 5.41) is 8.52. The zero-order valence-electron chi connectivity index (χ0n) is 15.1. The summed E-state index contributed by atoms with van der Waals surface area (Å²) < 4.78 is 5.87. The van der Waals surface area contributed by atoms with E-state index in [9.17, 15) is 9.59 Å². The topological polar surface area (TPSA) is 66.8 Å². The molecule has 1 saturated heterocycles. The molecule has 1 aliphatic rings. The Kier molecular flexibility index (Phi) is 7.32. The van der Waals surface area contributed by atoms with Crippen LogP contribution in [0.4, 0.5) is 0 Å². The van der Waals surface area contributed by atoms with Gasteiger partial charge < -0.3 is 14.7 Å². The van der Waals surface area contributed by atoms with Crippen molar-refractivity contribution in [3.05, 3.63) is 29.8 Å². The second kappa shape index (κ2) is 9.25. The minimum atomic E-state index is -0.879. The summed E-state index contributed by atoms with van der Waals surface area (Å²) in [4.78, 5) is 26.5. The maximum Gasteiger partial charge on any atom is 0.316 e. The molecule has 0 aliphatic carbocycles. The van der Waals surface area contributed by atoms with Crippen LogP contribution in [0.1, 0.15) is 44.0 Å². The van der Waals surface area contributed by atoms with E-state index in [0.29, 0.717) is 24.6 Å². The predicted octanol–water partition coefficient (Wildman–Crippen LogP) is 3.53. The summed E-state index contributed by atoms with van der Waals surface area (Å²) in [6, 6.07) is 7.25. The molecule has 1 aromatic rings. The fourth-order valence-electron chi connectivity index (χ4n) is 2.71. The Labute approximate surface area is 153 Å². The SMILES string of the molecule is CC(C)COC1CCN(C(=O)c2ccccc2SC(C)C(=O)O)CC1. The summed E-state index contributed by atoms with van der Waals surface area (Å²) >= 11 is 1.21. The lowest BCUT2D eigenvalue weighted by Gasteiger charge is -2.32. The van der Waals surface area contributed by atoms with E-state index >= 15 is 0 Å². The van der Waals surface area contributed by atoms with Gasteiger partial charge in [0.2, 0.25) is 0 Å². The van der Waals surface area contributed by atoms with Crippen LogP contribution in [0.5, 0.6) is 0 Å². The Bertz CT molecular complexity index is 597. The lowest BCUT2D eigenvalue weighted by Crippen LogP contribution is -2.41. The third-order valence-electron chi connectivity index (χ3n) is 4.16. The first-order valence-corrected chi connectivity index (χ1v) is 9.65. The Morgan fingerprint density at radius 3 is 2.48 bits per heavy atom. The number of rotatable bonds is 7. The van der Waals surface area contributed by atoms with Crippen molar-refractivity contribution in [2.45, 2.75) is 49.9 Å². The quantitative estimate of drug-likeness (QED) is 0.749. The number of likely N-dealkylation sites (tertiary alicyclic amines) is 1. The van der Waals surface area contributed by atoms with Crippen molar-refractivity contribution >= 4 is 23.6 Å². The second-order valence-corrected chi connectivity index (χ2v) is 8.20. The first-order valence-electron chi connectivity index (χ1n) is 8.77. The Balaban J connectivity index is 1.98. The highest BCUT2D eigenvalue weighted by atomic mass is 32.2. The largest absolute Gasteiger partial charge is 0.480 e. The van der Waals surface area contributed by atoms with E-state index < -0.39 is 11.2 Å². The van der Waals surface area contributed by atoms with E-state index in [-0.39, 0.29) is 12.0 Å². The molecule has 1 aromatic carbocycles. The molecule has 6 heteroatoms. The highest BCUT2D eigenvalue weighted by Gasteiger charge is 2.26. The maximum atomic E-state index is 12.9. The van der Waals surface area contributed by atoms with Gasteiger partial charge in [-0.15, -0.1) is 11.8 Å². The van der Waals surface area contributed by atoms with Crippen LogP contribution in [0.3, 0.4) is 0 Å². The van der Waals surface area contributed by atoms with Gasteiger partial charge in [-0.2, -0.15) is 0 Å². The lowest BCUT2D eigenvalue weighted by atomic mass is 10.1. The summed E-state index contributed by atoms with van der Waals surface area (Å²) in [7, 11) is 0. The summed E-state index contributed by atoms with van der Waals surface area (Å²) in [6.07, 6.45) is 1.92. The zero-order valence-corrected chi connectivity index (χ0v) is 15.9. The monoisotopic (exact) mass is 365 g/mol. The fraction of sp³-hybridized carbons (Fsp3) is 0.579. The van der Waals surface area contributed by atoms with Crippen molar-refractivity contribution in [2.24, 2.45) is 5.92 Å². The van der Waals surface area contributed by atoms with Crippen LogP contribution in [0.25, 0.3) is 0 Å². The van der Waals surface area contributed by atoms with Crippen molar-refractivity contribution < 1.29 is 19.4 Å². The lowest BCUT2D eigenvalue weighted by molar-refractivity contribution is -0.136. The molecule has 0 aromatic heterocycles. The molecular weight excluding hydrogens is 338 g/mol. The molecule has 5 nitrogen and oxygen atoms in total. The Morgan fingerprint density at radius 2 is 1.88 bits per heavy atom. The number of piperidine rings is 1. The van der Waals surface area contributed by atoms with Gasteiger partial charge in [0.05, 0.1) is 11.7 Å². The fourth-order valence-corrected chi connectivity index (χ4v) is 3.63. The molecule has 0 spiro atoms. The predicted molar refractivity (Wildman–Crippen MR) is 99.1 cm³/mol. The third kappa shape index (κ3) is 5.75. The molecule has 1 atom stereocenters. The van der Waals surface area contributed by atoms with Crippen molar-refractivity contribution in [2.75, 3.05) is 19.7 Å². The molecule has 0 radical (unpaired) electrons. The summed E-state index contributed by atoms with van der Waals surface area (Å²) in [6.45, 7) is 8.00. The van der Waals surface area contributed by atoms with E-state index in [1.807, 2.05) is 23.1 Å². The molecule has 1 aliphatic heterocycles. The molecule has 25 heavy (non-hydrogen) atoms. The number of hydrogen-bond acceptors (Lipinski definition) is 4.